The van der Waals surface area contributed by atoms with E-state index in [2.05, 4.69) is 5.32 Å². The van der Waals surface area contributed by atoms with E-state index in [1.165, 1.54) is 48.0 Å². The quantitative estimate of drug-likeness (QED) is 0.269. The fourth-order valence-corrected chi connectivity index (χ4v) is 8.85. The number of hydrogen-bond acceptors (Lipinski definition) is 10. The molecule has 3 atom stereocenters. The van der Waals surface area contributed by atoms with Crippen LogP contribution in [0, 0.1) is 5.92 Å². The largest absolute Gasteiger partial charge is 0.497 e. The monoisotopic (exact) mass is 666 g/mol. The number of rotatable bonds is 8. The normalized spacial score (nSPS) is 19.2. The zero-order chi connectivity index (χ0) is 32.0. The predicted molar refractivity (Wildman–Crippen MR) is 168 cm³/mol. The van der Waals surface area contributed by atoms with Gasteiger partial charge in [-0.25, -0.2) is 18.5 Å². The minimum absolute atomic E-state index is 0.114. The molecule has 0 unspecified atom stereocenters. The second kappa shape index (κ2) is 11.8. The summed E-state index contributed by atoms with van der Waals surface area (Å²) in [5.41, 5.74) is 1.34. The van der Waals surface area contributed by atoms with E-state index >= 15 is 0 Å². The first-order valence-electron chi connectivity index (χ1n) is 13.5. The summed E-state index contributed by atoms with van der Waals surface area (Å²) in [6.45, 7) is -0.380. The first-order chi connectivity index (χ1) is 21.5. The molecule has 0 spiro atoms. The molecule has 0 bridgehead atoms. The highest BCUT2D eigenvalue weighted by Gasteiger charge is 2.57. The number of imide groups is 1. The summed E-state index contributed by atoms with van der Waals surface area (Å²) < 4.78 is 35.3. The van der Waals surface area contributed by atoms with Crippen molar-refractivity contribution in [3.63, 3.8) is 0 Å². The summed E-state index contributed by atoms with van der Waals surface area (Å²) in [5.74, 6) is -1.86. The molecule has 12 nitrogen and oxygen atoms in total. The summed E-state index contributed by atoms with van der Waals surface area (Å²) >= 11 is 2.01. The summed E-state index contributed by atoms with van der Waals surface area (Å²) in [7, 11) is -0.880. The molecule has 45 heavy (non-hydrogen) atoms. The zero-order valence-corrected chi connectivity index (χ0v) is 26.3. The van der Waals surface area contributed by atoms with Gasteiger partial charge in [-0.1, -0.05) is 41.3 Å². The Morgan fingerprint density at radius 3 is 2.27 bits per heavy atom. The number of primary sulfonamides is 1. The van der Waals surface area contributed by atoms with Gasteiger partial charge >= 0.3 is 4.87 Å². The van der Waals surface area contributed by atoms with Crippen LogP contribution in [0.5, 0.6) is 11.5 Å². The van der Waals surface area contributed by atoms with Gasteiger partial charge in [-0.15, -0.1) is 0 Å². The fourth-order valence-electron chi connectivity index (χ4n) is 5.57. The van der Waals surface area contributed by atoms with E-state index in [4.69, 9.17) is 14.6 Å². The van der Waals surface area contributed by atoms with Crippen LogP contribution in [-0.2, 0) is 31.0 Å². The number of thiazole rings is 1. The average Bonchev–Trinajstić information content (AvgIpc) is 3.47. The molecule has 0 saturated carbocycles. The topological polar surface area (TPSA) is 167 Å². The standard InChI is InChI=1S/C30H26N4O8S3/c1-41-18-11-9-17(10-12-18)34-27(36)24-23(20-5-3-4-6-21(20)42-2)26-29(43-25(24)28(34)37)33(30(38)44-26)15-22(35)32-16-7-13-19(14-8-16)45(31,39)40/h3-14,23-25H,15H2,1-2H3,(H,32,35)(H2,31,39,40)/t23-,24-,25+/m0/s1. The number of thioether (sulfide) groups is 1. The van der Waals surface area contributed by atoms with Gasteiger partial charge in [0, 0.05) is 22.0 Å². The lowest BCUT2D eigenvalue weighted by atomic mass is 9.82. The third-order valence-corrected chi connectivity index (χ3v) is 11.2. The molecule has 1 aromatic heterocycles. The molecule has 15 heteroatoms. The maximum atomic E-state index is 14.1. The minimum Gasteiger partial charge on any atom is -0.497 e. The van der Waals surface area contributed by atoms with Crippen molar-refractivity contribution in [1.29, 1.82) is 0 Å². The maximum Gasteiger partial charge on any atom is 0.308 e. The first kappa shape index (κ1) is 30.6. The van der Waals surface area contributed by atoms with Gasteiger partial charge in [0.15, 0.2) is 0 Å². The van der Waals surface area contributed by atoms with Crippen molar-refractivity contribution in [3.05, 3.63) is 92.9 Å². The van der Waals surface area contributed by atoms with E-state index in [1.807, 2.05) is 0 Å². The molecule has 2 aliphatic heterocycles. The van der Waals surface area contributed by atoms with E-state index < -0.39 is 49.7 Å². The Hall–Kier alpha value is -4.44. The number of ether oxygens (including phenoxy) is 2. The third-order valence-electron chi connectivity index (χ3n) is 7.62. The first-order valence-corrected chi connectivity index (χ1v) is 16.7. The van der Waals surface area contributed by atoms with Crippen molar-refractivity contribution in [2.45, 2.75) is 27.6 Å². The molecule has 2 aliphatic rings. The molecular formula is C30H26N4O8S3. The number of hydrogen-bond donors (Lipinski definition) is 2. The number of para-hydroxylation sites is 1. The Kier molecular flexibility index (Phi) is 8.03. The van der Waals surface area contributed by atoms with E-state index in [9.17, 15) is 27.6 Å². The van der Waals surface area contributed by atoms with Gasteiger partial charge in [0.25, 0.3) is 0 Å². The van der Waals surface area contributed by atoms with Gasteiger partial charge in [0.05, 0.1) is 35.7 Å². The molecule has 1 fully saturated rings. The minimum atomic E-state index is -3.91. The lowest BCUT2D eigenvalue weighted by Gasteiger charge is -2.31. The lowest BCUT2D eigenvalue weighted by Crippen LogP contribution is -2.33. The van der Waals surface area contributed by atoms with Gasteiger partial charge in [0.1, 0.15) is 23.3 Å². The molecule has 0 radical (unpaired) electrons. The third kappa shape index (κ3) is 5.52. The van der Waals surface area contributed by atoms with E-state index in [0.717, 1.165) is 23.1 Å². The van der Waals surface area contributed by atoms with Crippen LogP contribution in [0.4, 0.5) is 11.4 Å². The second-order valence-electron chi connectivity index (χ2n) is 10.2. The number of nitrogens with one attached hydrogen (secondary N) is 1. The van der Waals surface area contributed by atoms with E-state index in [-0.39, 0.29) is 11.4 Å². The number of amides is 3. The zero-order valence-electron chi connectivity index (χ0n) is 23.8. The molecule has 232 valence electrons. The Morgan fingerprint density at radius 2 is 1.62 bits per heavy atom. The van der Waals surface area contributed by atoms with Gasteiger partial charge in [-0.3, -0.25) is 23.7 Å². The van der Waals surface area contributed by atoms with Crippen LogP contribution in [0.15, 0.2) is 87.5 Å². The summed E-state index contributed by atoms with van der Waals surface area (Å²) in [5, 5.41) is 7.34. The van der Waals surface area contributed by atoms with Crippen LogP contribution < -0.4 is 29.7 Å². The van der Waals surface area contributed by atoms with Crippen molar-refractivity contribution in [2.75, 3.05) is 24.4 Å². The van der Waals surface area contributed by atoms with Gasteiger partial charge in [-0.2, -0.15) is 0 Å². The Morgan fingerprint density at radius 1 is 0.933 bits per heavy atom. The highest BCUT2D eigenvalue weighted by molar-refractivity contribution is 8.00. The number of aromatic nitrogens is 1. The number of nitrogens with zero attached hydrogens (tertiary/aromatic N) is 2. The van der Waals surface area contributed by atoms with Crippen LogP contribution in [0.1, 0.15) is 16.4 Å². The highest BCUT2D eigenvalue weighted by atomic mass is 32.2. The molecule has 3 amide bonds. The molecule has 0 aliphatic carbocycles. The molecular weight excluding hydrogens is 641 g/mol. The molecule has 3 heterocycles. The van der Waals surface area contributed by atoms with Crippen molar-refractivity contribution in [2.24, 2.45) is 11.1 Å². The van der Waals surface area contributed by atoms with Crippen molar-refractivity contribution in [3.8, 4) is 11.5 Å². The lowest BCUT2D eigenvalue weighted by molar-refractivity contribution is -0.122. The summed E-state index contributed by atoms with van der Waals surface area (Å²) in [4.78, 5) is 55.7. The molecule has 4 aromatic rings. The maximum absolute atomic E-state index is 14.1. The van der Waals surface area contributed by atoms with Gasteiger partial charge < -0.3 is 14.8 Å². The SMILES string of the molecule is COc1ccc(N2C(=O)[C@H]3[C@H](c4ccccc4OC)c4sc(=O)n(CC(=O)Nc5ccc(S(N)(=O)=O)cc5)c4S[C@H]3C2=O)cc1. The van der Waals surface area contributed by atoms with Crippen LogP contribution in [0.3, 0.4) is 0 Å². The Bertz CT molecular complexity index is 1990. The van der Waals surface area contributed by atoms with Crippen molar-refractivity contribution >= 4 is 62.2 Å². The van der Waals surface area contributed by atoms with Crippen molar-refractivity contribution in [1.82, 2.24) is 4.57 Å². The summed E-state index contributed by atoms with van der Waals surface area (Å²) in [6.07, 6.45) is 0. The van der Waals surface area contributed by atoms with Crippen LogP contribution in [0.2, 0.25) is 0 Å². The number of nitrogens with two attached hydrogens (primary N) is 1. The predicted octanol–water partition coefficient (Wildman–Crippen LogP) is 3.01. The Balaban J connectivity index is 1.38. The van der Waals surface area contributed by atoms with Crippen molar-refractivity contribution < 1.29 is 32.3 Å². The number of sulfonamides is 1. The number of benzene rings is 3. The highest BCUT2D eigenvalue weighted by Crippen LogP contribution is 2.55. The van der Waals surface area contributed by atoms with Crippen LogP contribution >= 0.6 is 23.1 Å². The van der Waals surface area contributed by atoms with Gasteiger partial charge in [-0.05, 0) is 54.6 Å². The molecule has 3 N–H and O–H groups in total. The van der Waals surface area contributed by atoms with E-state index in [0.29, 0.717) is 38.3 Å². The fraction of sp³-hybridized carbons (Fsp3) is 0.200. The molecule has 6 rings (SSSR count). The summed E-state index contributed by atoms with van der Waals surface area (Å²) in [6, 6.07) is 19.0. The second-order valence-corrected chi connectivity index (χ2v) is 13.9. The smallest absolute Gasteiger partial charge is 0.308 e. The number of anilines is 2. The number of carbonyl (C=O) groups is 3. The van der Waals surface area contributed by atoms with Crippen LogP contribution in [-0.4, -0.2) is 50.2 Å². The number of methoxy groups -OCH3 is 2. The van der Waals surface area contributed by atoms with Gasteiger partial charge in [0.2, 0.25) is 27.7 Å². The van der Waals surface area contributed by atoms with E-state index in [1.54, 1.807) is 48.5 Å². The Labute approximate surface area is 265 Å². The average molecular weight is 667 g/mol. The molecule has 1 saturated heterocycles. The number of fused-ring (bicyclic) bond motifs is 2. The van der Waals surface area contributed by atoms with Crippen LogP contribution in [0.25, 0.3) is 0 Å². The molecule has 3 aromatic carbocycles. The number of carbonyl (C=O) groups excluding carboxylic acids is 3.